The Bertz CT molecular complexity index is 312. The van der Waals surface area contributed by atoms with Gasteiger partial charge in [-0.3, -0.25) is 0 Å². The van der Waals surface area contributed by atoms with E-state index in [2.05, 4.69) is 36.4 Å². The Morgan fingerprint density at radius 3 is 2.64 bits per heavy atom. The molecule has 78 valence electrons. The van der Waals surface area contributed by atoms with Gasteiger partial charge in [0.05, 0.1) is 6.10 Å². The van der Waals surface area contributed by atoms with Gasteiger partial charge in [0.2, 0.25) is 0 Å². The van der Waals surface area contributed by atoms with E-state index in [9.17, 15) is 5.11 Å². The lowest BCUT2D eigenvalue weighted by Gasteiger charge is -2.15. The molecule has 0 heterocycles. The Hall–Kier alpha value is 0.200. The largest absolute Gasteiger partial charge is 0.388 e. The molecule has 0 fully saturated rings. The predicted molar refractivity (Wildman–Crippen MR) is 68.6 cm³/mol. The van der Waals surface area contributed by atoms with Crippen LogP contribution in [0, 0.1) is 9.49 Å². The lowest BCUT2D eigenvalue weighted by atomic mass is 10.00. The summed E-state index contributed by atoms with van der Waals surface area (Å²) in [6.45, 7) is 4.20. The van der Waals surface area contributed by atoms with Crippen LogP contribution in [-0.2, 0) is 0 Å². The van der Waals surface area contributed by atoms with Crippen molar-refractivity contribution in [3.8, 4) is 0 Å². The molecule has 1 atom stereocenters. The van der Waals surface area contributed by atoms with Crippen LogP contribution in [0.2, 0.25) is 5.02 Å². The molecule has 0 radical (unpaired) electrons. The zero-order valence-corrected chi connectivity index (χ0v) is 11.2. The van der Waals surface area contributed by atoms with Crippen molar-refractivity contribution in [1.29, 1.82) is 0 Å². The summed E-state index contributed by atoms with van der Waals surface area (Å²) in [6, 6.07) is 5.62. The third-order valence-electron chi connectivity index (χ3n) is 2.01. The summed E-state index contributed by atoms with van der Waals surface area (Å²) in [5.41, 5.74) is 0.937. The van der Waals surface area contributed by atoms with Crippen molar-refractivity contribution in [2.24, 2.45) is 5.92 Å². The van der Waals surface area contributed by atoms with Crippen molar-refractivity contribution in [3.63, 3.8) is 0 Å². The molecule has 1 aromatic carbocycles. The quantitative estimate of drug-likeness (QED) is 0.833. The van der Waals surface area contributed by atoms with E-state index in [0.29, 0.717) is 10.9 Å². The second-order valence-corrected chi connectivity index (χ2v) is 5.41. The van der Waals surface area contributed by atoms with Crippen LogP contribution < -0.4 is 0 Å². The van der Waals surface area contributed by atoms with Gasteiger partial charge in [-0.25, -0.2) is 0 Å². The van der Waals surface area contributed by atoms with E-state index in [-0.39, 0.29) is 0 Å². The Balaban J connectivity index is 2.88. The van der Waals surface area contributed by atoms with Crippen LogP contribution in [0.4, 0.5) is 0 Å². The summed E-state index contributed by atoms with van der Waals surface area (Å²) in [4.78, 5) is 0. The van der Waals surface area contributed by atoms with E-state index in [1.165, 1.54) is 0 Å². The van der Waals surface area contributed by atoms with E-state index < -0.39 is 6.10 Å². The summed E-state index contributed by atoms with van der Waals surface area (Å²) >= 11 is 8.10. The van der Waals surface area contributed by atoms with Gasteiger partial charge in [0.1, 0.15) is 0 Å². The van der Waals surface area contributed by atoms with Gasteiger partial charge in [-0.2, -0.15) is 0 Å². The first-order valence-corrected chi connectivity index (χ1v) is 6.09. The summed E-state index contributed by atoms with van der Waals surface area (Å²) < 4.78 is 1.07. The molecule has 0 aliphatic carbocycles. The maximum Gasteiger partial charge on any atom is 0.0803 e. The van der Waals surface area contributed by atoms with Gasteiger partial charge in [-0.1, -0.05) is 25.4 Å². The smallest absolute Gasteiger partial charge is 0.0803 e. The fraction of sp³-hybridized carbons (Fsp3) is 0.455. The number of halogens is 2. The van der Waals surface area contributed by atoms with Crippen LogP contribution in [0.1, 0.15) is 31.9 Å². The molecule has 0 saturated heterocycles. The van der Waals surface area contributed by atoms with Gasteiger partial charge in [0.15, 0.2) is 0 Å². The number of hydrogen-bond donors (Lipinski definition) is 1. The van der Waals surface area contributed by atoms with Gasteiger partial charge < -0.3 is 5.11 Å². The molecule has 1 N–H and O–H groups in total. The average Bonchev–Trinajstić information content (AvgIpc) is 2.08. The van der Waals surface area contributed by atoms with Crippen LogP contribution in [-0.4, -0.2) is 5.11 Å². The van der Waals surface area contributed by atoms with Crippen LogP contribution in [0.5, 0.6) is 0 Å². The van der Waals surface area contributed by atoms with Crippen LogP contribution in [0.25, 0.3) is 0 Å². The molecular weight excluding hydrogens is 310 g/mol. The zero-order valence-electron chi connectivity index (χ0n) is 8.30. The number of benzene rings is 1. The van der Waals surface area contributed by atoms with Crippen molar-refractivity contribution in [2.45, 2.75) is 26.4 Å². The number of aliphatic hydroxyl groups excluding tert-OH is 1. The maximum atomic E-state index is 9.93. The Labute approximate surface area is 104 Å². The SMILES string of the molecule is CC(C)CC(O)c1cc(Cl)ccc1I. The normalized spacial score (nSPS) is 13.3. The highest BCUT2D eigenvalue weighted by Crippen LogP contribution is 2.27. The molecule has 0 saturated carbocycles. The molecule has 0 aliphatic rings. The molecule has 1 aromatic rings. The van der Waals surface area contributed by atoms with Gasteiger partial charge in [0, 0.05) is 8.59 Å². The maximum absolute atomic E-state index is 9.93. The summed E-state index contributed by atoms with van der Waals surface area (Å²) in [7, 11) is 0. The molecule has 0 spiro atoms. The molecule has 0 aromatic heterocycles. The summed E-state index contributed by atoms with van der Waals surface area (Å²) in [5.74, 6) is 0.486. The third-order valence-corrected chi connectivity index (χ3v) is 3.23. The van der Waals surface area contributed by atoms with E-state index >= 15 is 0 Å². The van der Waals surface area contributed by atoms with Gasteiger partial charge in [-0.15, -0.1) is 0 Å². The molecule has 14 heavy (non-hydrogen) atoms. The van der Waals surface area contributed by atoms with E-state index in [1.807, 2.05) is 18.2 Å². The van der Waals surface area contributed by atoms with Gasteiger partial charge in [-0.05, 0) is 58.7 Å². The Kier molecular flexibility index (Phi) is 4.67. The Morgan fingerprint density at radius 2 is 2.07 bits per heavy atom. The van der Waals surface area contributed by atoms with Crippen molar-refractivity contribution >= 4 is 34.2 Å². The highest BCUT2D eigenvalue weighted by atomic mass is 127. The first-order chi connectivity index (χ1) is 6.50. The molecule has 0 aliphatic heterocycles. The molecule has 1 nitrogen and oxygen atoms in total. The summed E-state index contributed by atoms with van der Waals surface area (Å²) in [5, 5.41) is 10.6. The monoisotopic (exact) mass is 324 g/mol. The number of hydrogen-bond acceptors (Lipinski definition) is 1. The third kappa shape index (κ3) is 3.41. The zero-order chi connectivity index (χ0) is 10.7. The minimum absolute atomic E-state index is 0.402. The molecule has 3 heteroatoms. The second kappa shape index (κ2) is 5.33. The minimum Gasteiger partial charge on any atom is -0.388 e. The fourth-order valence-electron chi connectivity index (χ4n) is 1.34. The molecule has 0 amide bonds. The van der Waals surface area contributed by atoms with Gasteiger partial charge in [0.25, 0.3) is 0 Å². The first kappa shape index (κ1) is 12.3. The lowest BCUT2D eigenvalue weighted by Crippen LogP contribution is -2.03. The molecule has 1 unspecified atom stereocenters. The standard InChI is InChI=1S/C11H14ClIO/c1-7(2)5-11(14)9-6-8(12)3-4-10(9)13/h3-4,6-7,11,14H,5H2,1-2H3. The van der Waals surface area contributed by atoms with Crippen molar-refractivity contribution < 1.29 is 5.11 Å². The Morgan fingerprint density at radius 1 is 1.43 bits per heavy atom. The number of rotatable bonds is 3. The van der Waals surface area contributed by atoms with Crippen LogP contribution in [0.3, 0.4) is 0 Å². The highest BCUT2D eigenvalue weighted by molar-refractivity contribution is 14.1. The highest BCUT2D eigenvalue weighted by Gasteiger charge is 2.13. The number of aliphatic hydroxyl groups is 1. The molecule has 1 rings (SSSR count). The van der Waals surface area contributed by atoms with Gasteiger partial charge >= 0.3 is 0 Å². The van der Waals surface area contributed by atoms with Crippen molar-refractivity contribution in [1.82, 2.24) is 0 Å². The van der Waals surface area contributed by atoms with Crippen molar-refractivity contribution in [2.75, 3.05) is 0 Å². The second-order valence-electron chi connectivity index (χ2n) is 3.81. The molecular formula is C11H14ClIO. The predicted octanol–water partition coefficient (Wildman–Crippen LogP) is 4.02. The summed E-state index contributed by atoms with van der Waals surface area (Å²) in [6.07, 6.45) is 0.372. The molecule has 0 bridgehead atoms. The lowest BCUT2D eigenvalue weighted by molar-refractivity contribution is 0.150. The first-order valence-electron chi connectivity index (χ1n) is 4.63. The van der Waals surface area contributed by atoms with Crippen LogP contribution in [0.15, 0.2) is 18.2 Å². The topological polar surface area (TPSA) is 20.2 Å². The van der Waals surface area contributed by atoms with Crippen molar-refractivity contribution in [3.05, 3.63) is 32.4 Å². The van der Waals surface area contributed by atoms with E-state index in [0.717, 1.165) is 15.6 Å². The van der Waals surface area contributed by atoms with E-state index in [1.54, 1.807) is 0 Å². The van der Waals surface area contributed by atoms with E-state index in [4.69, 9.17) is 11.6 Å². The minimum atomic E-state index is -0.402. The average molecular weight is 325 g/mol. The van der Waals surface area contributed by atoms with Crippen LogP contribution >= 0.6 is 34.2 Å². The fourth-order valence-corrected chi connectivity index (χ4v) is 2.22.